The van der Waals surface area contributed by atoms with Crippen molar-refractivity contribution in [3.63, 3.8) is 0 Å². The number of H-pyrrole nitrogens is 1. The minimum Gasteiger partial charge on any atom is -0.331 e. The van der Waals surface area contributed by atoms with Gasteiger partial charge in [0.15, 0.2) is 0 Å². The minimum atomic E-state index is -0.172. The van der Waals surface area contributed by atoms with Crippen molar-refractivity contribution in [2.24, 2.45) is 0 Å². The quantitative estimate of drug-likeness (QED) is 0.935. The van der Waals surface area contributed by atoms with E-state index in [1.54, 1.807) is 4.90 Å². The molecule has 7 heteroatoms. The maximum Gasteiger partial charge on any atom is 0.293 e. The fraction of sp³-hybridized carbons (Fsp3) is 0.500. The molecule has 0 spiro atoms. The molecule has 0 atom stereocenters. The second kappa shape index (κ2) is 6.15. The Morgan fingerprint density at radius 2 is 2.14 bits per heavy atom. The molecule has 5 nitrogen and oxygen atoms in total. The Balaban J connectivity index is 2.14. The molecular formula is C14H19ClN4OS. The molecule has 2 rings (SSSR count). The van der Waals surface area contributed by atoms with Gasteiger partial charge in [0, 0.05) is 16.8 Å². The first-order chi connectivity index (χ1) is 9.81. The van der Waals surface area contributed by atoms with Crippen LogP contribution in [0.4, 0.5) is 0 Å². The minimum absolute atomic E-state index is 0.163. The van der Waals surface area contributed by atoms with Crippen LogP contribution in [0.25, 0.3) is 0 Å². The maximum atomic E-state index is 12.5. The lowest BCUT2D eigenvalue weighted by atomic mass is 9.96. The van der Waals surface area contributed by atoms with Gasteiger partial charge < -0.3 is 4.90 Å². The summed E-state index contributed by atoms with van der Waals surface area (Å²) in [6, 6.07) is 3.77. The smallest absolute Gasteiger partial charge is 0.293 e. The largest absolute Gasteiger partial charge is 0.331 e. The Kier molecular flexibility index (Phi) is 4.68. The van der Waals surface area contributed by atoms with Crippen molar-refractivity contribution in [3.05, 3.63) is 33.0 Å². The highest BCUT2D eigenvalue weighted by atomic mass is 35.5. The van der Waals surface area contributed by atoms with E-state index in [2.05, 4.69) is 15.2 Å². The molecular weight excluding hydrogens is 308 g/mol. The summed E-state index contributed by atoms with van der Waals surface area (Å²) in [6.45, 7) is 9.11. The fourth-order valence-electron chi connectivity index (χ4n) is 1.79. The van der Waals surface area contributed by atoms with Crippen LogP contribution in [-0.2, 0) is 12.0 Å². The Labute approximate surface area is 133 Å². The second-order valence-electron chi connectivity index (χ2n) is 5.78. The maximum absolute atomic E-state index is 12.5. The van der Waals surface area contributed by atoms with E-state index in [1.165, 1.54) is 11.3 Å². The van der Waals surface area contributed by atoms with Crippen molar-refractivity contribution >= 4 is 28.8 Å². The van der Waals surface area contributed by atoms with Gasteiger partial charge in [0.2, 0.25) is 5.82 Å². The number of hydrogen-bond donors (Lipinski definition) is 1. The average Bonchev–Trinajstić information content (AvgIpc) is 3.03. The molecule has 1 N–H and O–H groups in total. The van der Waals surface area contributed by atoms with Gasteiger partial charge in [-0.3, -0.25) is 9.89 Å². The number of rotatable bonds is 4. The summed E-state index contributed by atoms with van der Waals surface area (Å²) in [5.41, 5.74) is -0.163. The third kappa shape index (κ3) is 3.83. The monoisotopic (exact) mass is 326 g/mol. The number of amides is 1. The summed E-state index contributed by atoms with van der Waals surface area (Å²) in [7, 11) is 0. The molecule has 0 unspecified atom stereocenters. The highest BCUT2D eigenvalue weighted by molar-refractivity contribution is 7.16. The predicted octanol–water partition coefficient (Wildman–Crippen LogP) is 3.48. The molecule has 0 saturated carbocycles. The number of thiophene rings is 1. The van der Waals surface area contributed by atoms with Gasteiger partial charge in [-0.15, -0.1) is 16.4 Å². The molecule has 0 radical (unpaired) electrons. The van der Waals surface area contributed by atoms with Crippen LogP contribution in [0.1, 0.15) is 49.0 Å². The summed E-state index contributed by atoms with van der Waals surface area (Å²) >= 11 is 7.40. The lowest BCUT2D eigenvalue weighted by Crippen LogP contribution is -2.31. The molecule has 0 fully saturated rings. The van der Waals surface area contributed by atoms with Crippen molar-refractivity contribution in [2.45, 2.75) is 39.7 Å². The molecule has 2 heterocycles. The van der Waals surface area contributed by atoms with E-state index in [0.29, 0.717) is 18.9 Å². The van der Waals surface area contributed by atoms with Crippen LogP contribution in [0.5, 0.6) is 0 Å². The van der Waals surface area contributed by atoms with E-state index in [0.717, 1.165) is 9.21 Å². The molecule has 21 heavy (non-hydrogen) atoms. The van der Waals surface area contributed by atoms with E-state index >= 15 is 0 Å². The zero-order valence-electron chi connectivity index (χ0n) is 12.6. The van der Waals surface area contributed by atoms with Crippen LogP contribution in [0, 0.1) is 0 Å². The summed E-state index contributed by atoms with van der Waals surface area (Å²) in [5, 5.41) is 6.89. The Morgan fingerprint density at radius 3 is 2.62 bits per heavy atom. The van der Waals surface area contributed by atoms with Gasteiger partial charge in [-0.2, -0.15) is 0 Å². The number of carbonyl (C=O) groups excluding carboxylic acids is 1. The molecule has 0 bridgehead atoms. The lowest BCUT2D eigenvalue weighted by Gasteiger charge is -2.18. The fourth-order valence-corrected chi connectivity index (χ4v) is 2.89. The van der Waals surface area contributed by atoms with Crippen molar-refractivity contribution in [1.29, 1.82) is 0 Å². The molecule has 1 amide bonds. The summed E-state index contributed by atoms with van der Waals surface area (Å²) in [5.74, 6) is 0.749. The number of aromatic amines is 1. The third-order valence-electron chi connectivity index (χ3n) is 3.03. The highest BCUT2D eigenvalue weighted by Crippen LogP contribution is 2.23. The first-order valence-electron chi connectivity index (χ1n) is 6.77. The molecule has 114 valence electrons. The molecule has 0 aromatic carbocycles. The van der Waals surface area contributed by atoms with Gasteiger partial charge in [-0.1, -0.05) is 32.4 Å². The van der Waals surface area contributed by atoms with Gasteiger partial charge in [0.05, 0.1) is 10.9 Å². The number of nitrogens with zero attached hydrogens (tertiary/aromatic N) is 3. The Morgan fingerprint density at radius 1 is 1.43 bits per heavy atom. The highest BCUT2D eigenvalue weighted by Gasteiger charge is 2.24. The zero-order chi connectivity index (χ0) is 15.6. The van der Waals surface area contributed by atoms with Crippen LogP contribution >= 0.6 is 22.9 Å². The van der Waals surface area contributed by atoms with Crippen molar-refractivity contribution in [1.82, 2.24) is 20.1 Å². The number of nitrogens with one attached hydrogen (secondary N) is 1. The number of aromatic nitrogens is 3. The number of carbonyl (C=O) groups is 1. The Bertz CT molecular complexity index is 629. The first-order valence-corrected chi connectivity index (χ1v) is 7.97. The van der Waals surface area contributed by atoms with Gasteiger partial charge in [-0.25, -0.2) is 4.98 Å². The van der Waals surface area contributed by atoms with E-state index in [-0.39, 0.29) is 17.1 Å². The van der Waals surface area contributed by atoms with Crippen LogP contribution in [-0.4, -0.2) is 32.5 Å². The van der Waals surface area contributed by atoms with Gasteiger partial charge in [0.1, 0.15) is 5.82 Å². The SMILES string of the molecule is CCN(Cc1ccc(Cl)s1)C(=O)c1n[nH]c(C(C)(C)C)n1. The molecule has 2 aromatic rings. The standard InChI is InChI=1S/C14H19ClN4OS/c1-5-19(8-9-6-7-10(15)21-9)12(20)11-16-13(18-17-11)14(2,3)4/h6-7H,5,8H2,1-4H3,(H,16,17,18). The number of hydrogen-bond acceptors (Lipinski definition) is 4. The van der Waals surface area contributed by atoms with Crippen LogP contribution in [0.3, 0.4) is 0 Å². The number of halogens is 1. The molecule has 0 saturated heterocycles. The lowest BCUT2D eigenvalue weighted by molar-refractivity contribution is 0.0742. The van der Waals surface area contributed by atoms with E-state index in [1.807, 2.05) is 39.8 Å². The van der Waals surface area contributed by atoms with Gasteiger partial charge in [-0.05, 0) is 19.1 Å². The van der Waals surface area contributed by atoms with Crippen molar-refractivity contribution < 1.29 is 4.79 Å². The van der Waals surface area contributed by atoms with E-state index < -0.39 is 0 Å². The van der Waals surface area contributed by atoms with Gasteiger partial charge in [0.25, 0.3) is 5.91 Å². The second-order valence-corrected chi connectivity index (χ2v) is 7.58. The van der Waals surface area contributed by atoms with Crippen LogP contribution < -0.4 is 0 Å². The molecule has 2 aromatic heterocycles. The molecule has 0 aliphatic carbocycles. The first kappa shape index (κ1) is 16.0. The van der Waals surface area contributed by atoms with Gasteiger partial charge >= 0.3 is 0 Å². The Hall–Kier alpha value is -1.40. The normalized spacial score (nSPS) is 11.7. The van der Waals surface area contributed by atoms with Crippen molar-refractivity contribution in [2.75, 3.05) is 6.54 Å². The summed E-state index contributed by atoms with van der Waals surface area (Å²) in [4.78, 5) is 19.5. The third-order valence-corrected chi connectivity index (χ3v) is 4.25. The summed E-state index contributed by atoms with van der Waals surface area (Å²) in [6.07, 6.45) is 0. The van der Waals surface area contributed by atoms with E-state index in [4.69, 9.17) is 11.6 Å². The molecule has 0 aliphatic heterocycles. The van der Waals surface area contributed by atoms with E-state index in [9.17, 15) is 4.79 Å². The topological polar surface area (TPSA) is 61.9 Å². The van der Waals surface area contributed by atoms with Crippen molar-refractivity contribution in [3.8, 4) is 0 Å². The predicted molar refractivity (Wildman–Crippen MR) is 84.8 cm³/mol. The van der Waals surface area contributed by atoms with Crippen LogP contribution in [0.2, 0.25) is 4.34 Å². The zero-order valence-corrected chi connectivity index (χ0v) is 14.2. The molecule has 0 aliphatic rings. The summed E-state index contributed by atoms with van der Waals surface area (Å²) < 4.78 is 0.724. The van der Waals surface area contributed by atoms with Crippen LogP contribution in [0.15, 0.2) is 12.1 Å². The average molecular weight is 327 g/mol.